The molecule has 4 aliphatic rings. The number of hydrogen-bond donors (Lipinski definition) is 2. The van der Waals surface area contributed by atoms with Gasteiger partial charge in [-0.2, -0.15) is 0 Å². The summed E-state index contributed by atoms with van der Waals surface area (Å²) >= 11 is 0. The number of benzene rings is 2. The van der Waals surface area contributed by atoms with Crippen molar-refractivity contribution in [2.45, 2.75) is 44.4 Å². The summed E-state index contributed by atoms with van der Waals surface area (Å²) in [5.41, 5.74) is 2.30. The Bertz CT molecular complexity index is 987. The number of aromatic nitrogens is 1. The van der Waals surface area contributed by atoms with Gasteiger partial charge in [-0.3, -0.25) is 0 Å². The summed E-state index contributed by atoms with van der Waals surface area (Å²) in [4.78, 5) is 0. The maximum Gasteiger partial charge on any atom is 0.203 e. The predicted molar refractivity (Wildman–Crippen MR) is 115 cm³/mol. The summed E-state index contributed by atoms with van der Waals surface area (Å²) in [6.07, 6.45) is 4.09. The molecular formula is C24H29NO5. The van der Waals surface area contributed by atoms with E-state index in [1.54, 1.807) is 26.4 Å². The molecule has 6 heteroatoms. The zero-order valence-electron chi connectivity index (χ0n) is 17.5. The lowest BCUT2D eigenvalue weighted by atomic mass is 9.97. The fourth-order valence-electron chi connectivity index (χ4n) is 4.09. The first-order valence-electron chi connectivity index (χ1n) is 10.5. The average Bonchev–Trinajstić information content (AvgIpc) is 3.18. The maximum absolute atomic E-state index is 10.9. The molecule has 30 heavy (non-hydrogen) atoms. The van der Waals surface area contributed by atoms with E-state index in [1.807, 2.05) is 18.2 Å². The van der Waals surface area contributed by atoms with Crippen LogP contribution in [0.15, 0.2) is 42.6 Å². The van der Waals surface area contributed by atoms with E-state index < -0.39 is 12.2 Å². The molecule has 2 atom stereocenters. The molecule has 2 aromatic carbocycles. The van der Waals surface area contributed by atoms with Crippen LogP contribution in [0.4, 0.5) is 0 Å². The standard InChI is InChI=1S/C24H29NO5/c1-28-20-14-18-15-21(29-2)24(20)30-12-6-4-3-5-10-25-11-9-16-13-17(7-8-19(16)25)22(26)23(18)27/h7-9,11,13-15,22-23,26-27H,3-6,10,12H2,1-2H3/t22-,23-/m0/s1. The number of rotatable bonds is 2. The highest BCUT2D eigenvalue weighted by atomic mass is 16.5. The van der Waals surface area contributed by atoms with E-state index in [-0.39, 0.29) is 0 Å². The van der Waals surface area contributed by atoms with Gasteiger partial charge in [-0.25, -0.2) is 0 Å². The number of nitrogens with zero attached hydrogens (tertiary/aromatic N) is 1. The van der Waals surface area contributed by atoms with E-state index in [0.717, 1.165) is 43.1 Å². The Morgan fingerprint density at radius 3 is 2.30 bits per heavy atom. The van der Waals surface area contributed by atoms with E-state index in [1.165, 1.54) is 0 Å². The monoisotopic (exact) mass is 411 g/mol. The molecule has 0 spiro atoms. The first-order chi connectivity index (χ1) is 14.6. The first-order valence-corrected chi connectivity index (χ1v) is 10.5. The highest BCUT2D eigenvalue weighted by Crippen LogP contribution is 2.42. The zero-order chi connectivity index (χ0) is 21.1. The van der Waals surface area contributed by atoms with Crippen molar-refractivity contribution in [2.24, 2.45) is 0 Å². The van der Waals surface area contributed by atoms with Crippen molar-refractivity contribution in [3.63, 3.8) is 0 Å². The summed E-state index contributed by atoms with van der Waals surface area (Å²) in [5.74, 6) is 1.47. The molecule has 0 amide bonds. The van der Waals surface area contributed by atoms with Gasteiger partial charge in [0, 0.05) is 18.3 Å². The van der Waals surface area contributed by atoms with Crippen LogP contribution in [0.3, 0.4) is 0 Å². The van der Waals surface area contributed by atoms with Crippen LogP contribution >= 0.6 is 0 Å². The Morgan fingerprint density at radius 1 is 0.867 bits per heavy atom. The molecule has 160 valence electrons. The van der Waals surface area contributed by atoms with Gasteiger partial charge in [-0.15, -0.1) is 0 Å². The molecule has 4 aliphatic heterocycles. The molecule has 1 aromatic heterocycles. The minimum absolute atomic E-state index is 0.476. The van der Waals surface area contributed by atoms with Crippen molar-refractivity contribution in [3.8, 4) is 17.2 Å². The third-order valence-electron chi connectivity index (χ3n) is 5.80. The maximum atomic E-state index is 10.9. The molecule has 0 saturated carbocycles. The molecule has 6 nitrogen and oxygen atoms in total. The number of aryl methyl sites for hydroxylation is 1. The zero-order valence-corrected chi connectivity index (χ0v) is 17.5. The van der Waals surface area contributed by atoms with Crippen LogP contribution in [0.1, 0.15) is 49.0 Å². The van der Waals surface area contributed by atoms with Crippen LogP contribution in [0, 0.1) is 0 Å². The fourth-order valence-corrected chi connectivity index (χ4v) is 4.09. The summed E-state index contributed by atoms with van der Waals surface area (Å²) in [6, 6.07) is 11.3. The molecule has 3 aromatic rings. The van der Waals surface area contributed by atoms with E-state index in [4.69, 9.17) is 14.2 Å². The second kappa shape index (κ2) is 8.98. The largest absolute Gasteiger partial charge is 0.493 e. The summed E-state index contributed by atoms with van der Waals surface area (Å²) in [5, 5.41) is 22.9. The van der Waals surface area contributed by atoms with Crippen molar-refractivity contribution >= 4 is 10.9 Å². The van der Waals surface area contributed by atoms with Gasteiger partial charge in [0.05, 0.1) is 20.8 Å². The number of hydrogen-bond acceptors (Lipinski definition) is 5. The summed E-state index contributed by atoms with van der Waals surface area (Å²) in [7, 11) is 3.11. The third kappa shape index (κ3) is 3.98. The lowest BCUT2D eigenvalue weighted by molar-refractivity contribution is 0.0170. The molecule has 5 heterocycles. The van der Waals surface area contributed by atoms with Crippen LogP contribution < -0.4 is 14.2 Å². The molecule has 0 fully saturated rings. The lowest BCUT2D eigenvalue weighted by Gasteiger charge is -2.22. The number of aliphatic hydroxyl groups is 2. The van der Waals surface area contributed by atoms with Crippen molar-refractivity contribution in [1.29, 1.82) is 0 Å². The highest BCUT2D eigenvalue weighted by Gasteiger charge is 2.25. The van der Waals surface area contributed by atoms with E-state index >= 15 is 0 Å². The quantitative estimate of drug-likeness (QED) is 0.655. The fraction of sp³-hybridized carbons (Fsp3) is 0.417. The van der Waals surface area contributed by atoms with Gasteiger partial charge < -0.3 is 29.0 Å². The van der Waals surface area contributed by atoms with E-state index in [2.05, 4.69) is 16.8 Å². The van der Waals surface area contributed by atoms with Gasteiger partial charge in [-0.05, 0) is 59.7 Å². The molecule has 0 radical (unpaired) electrons. The van der Waals surface area contributed by atoms with Crippen LogP contribution in [-0.2, 0) is 6.54 Å². The predicted octanol–water partition coefficient (Wildman–Crippen LogP) is 4.38. The van der Waals surface area contributed by atoms with E-state index in [9.17, 15) is 10.2 Å². The lowest BCUT2D eigenvalue weighted by Crippen LogP contribution is -2.11. The third-order valence-corrected chi connectivity index (χ3v) is 5.80. The number of ether oxygens (including phenoxy) is 3. The smallest absolute Gasteiger partial charge is 0.203 e. The highest BCUT2D eigenvalue weighted by molar-refractivity contribution is 5.81. The number of methoxy groups -OCH3 is 2. The van der Waals surface area contributed by atoms with E-state index in [0.29, 0.717) is 35.0 Å². The van der Waals surface area contributed by atoms with Gasteiger partial charge in [0.15, 0.2) is 11.5 Å². The van der Waals surface area contributed by atoms with Gasteiger partial charge in [0.1, 0.15) is 12.2 Å². The van der Waals surface area contributed by atoms with Crippen LogP contribution in [-0.4, -0.2) is 35.6 Å². The van der Waals surface area contributed by atoms with Crippen LogP contribution in [0.25, 0.3) is 10.9 Å². The van der Waals surface area contributed by atoms with Gasteiger partial charge in [0.25, 0.3) is 0 Å². The minimum Gasteiger partial charge on any atom is -0.493 e. The van der Waals surface area contributed by atoms with Gasteiger partial charge in [0.2, 0.25) is 5.75 Å². The van der Waals surface area contributed by atoms with Gasteiger partial charge in [-0.1, -0.05) is 18.9 Å². The Balaban J connectivity index is 1.76. The van der Waals surface area contributed by atoms with Crippen LogP contribution in [0.5, 0.6) is 17.2 Å². The molecule has 2 N–H and O–H groups in total. The van der Waals surface area contributed by atoms with Gasteiger partial charge >= 0.3 is 0 Å². The van der Waals surface area contributed by atoms with Crippen molar-refractivity contribution in [2.75, 3.05) is 20.8 Å². The molecule has 6 bridgehead atoms. The molecular weight excluding hydrogens is 382 g/mol. The molecule has 0 aliphatic carbocycles. The minimum atomic E-state index is -1.14. The van der Waals surface area contributed by atoms with Crippen molar-refractivity contribution < 1.29 is 24.4 Å². The molecule has 0 unspecified atom stereocenters. The number of aliphatic hydroxyl groups excluding tert-OH is 2. The Labute approximate surface area is 176 Å². The second-order valence-corrected chi connectivity index (χ2v) is 7.73. The summed E-state index contributed by atoms with van der Waals surface area (Å²) < 4.78 is 19.2. The Hall–Kier alpha value is -2.70. The van der Waals surface area contributed by atoms with Crippen molar-refractivity contribution in [3.05, 3.63) is 53.7 Å². The summed E-state index contributed by atoms with van der Waals surface area (Å²) in [6.45, 7) is 1.52. The normalized spacial score (nSPS) is 20.1. The SMILES string of the molecule is COc1cc2cc(OC)c1OCCCCCCn1ccc3cc(ccc31)[C@H](O)[C@H]2O. The average molecular weight is 411 g/mol. The molecule has 0 saturated heterocycles. The second-order valence-electron chi connectivity index (χ2n) is 7.73. The Morgan fingerprint density at radius 2 is 1.57 bits per heavy atom. The molecule has 7 rings (SSSR count). The first kappa shape index (κ1) is 20.6. The van der Waals surface area contributed by atoms with Crippen LogP contribution in [0.2, 0.25) is 0 Å². The Kier molecular flexibility index (Phi) is 6.16. The topological polar surface area (TPSA) is 73.1 Å². The van der Waals surface area contributed by atoms with Crippen molar-refractivity contribution in [1.82, 2.24) is 4.57 Å².